The number of nitrogens with zero attached hydrogens (tertiary/aromatic N) is 2. The molecule has 2 aromatic carbocycles. The Balaban J connectivity index is 1.98. The fraction of sp³-hybridized carbons (Fsp3) is 0.417. The Morgan fingerprint density at radius 2 is 1.71 bits per heavy atom. The monoisotopic (exact) mass is 439 g/mol. The van der Waals surface area contributed by atoms with Gasteiger partial charge in [0.2, 0.25) is 0 Å². The highest BCUT2D eigenvalue weighted by atomic mass is 28.4. The Kier molecular flexibility index (Phi) is 6.69. The van der Waals surface area contributed by atoms with Crippen molar-refractivity contribution in [3.63, 3.8) is 0 Å². The third kappa shape index (κ3) is 5.06. The summed E-state index contributed by atoms with van der Waals surface area (Å²) >= 11 is 0. The highest BCUT2D eigenvalue weighted by molar-refractivity contribution is 6.74. The first-order chi connectivity index (χ1) is 14.5. The number of hydrogen-bond donors (Lipinski definition) is 2. The zero-order chi connectivity index (χ0) is 22.8. The standard InChI is InChI=1S/C24H33N3O3Si/c1-17(30-31(5,6)24(2,3)4)22-26-20-15-11-10-14-19(20)23(29)27(22)25-16-21(28)18-12-8-7-9-13-18/h7-15,17,21,25,28H,16H2,1-6H3/t17-,21?/m0/s1. The van der Waals surface area contributed by atoms with E-state index >= 15 is 0 Å². The van der Waals surface area contributed by atoms with Crippen molar-refractivity contribution >= 4 is 19.2 Å². The smallest absolute Gasteiger partial charge is 0.280 e. The second-order valence-electron chi connectivity index (χ2n) is 9.44. The molecule has 1 heterocycles. The van der Waals surface area contributed by atoms with Crippen molar-refractivity contribution < 1.29 is 9.53 Å². The van der Waals surface area contributed by atoms with Crippen molar-refractivity contribution in [3.05, 3.63) is 76.3 Å². The van der Waals surface area contributed by atoms with Crippen molar-refractivity contribution in [3.8, 4) is 0 Å². The molecule has 0 bridgehead atoms. The van der Waals surface area contributed by atoms with E-state index in [0.29, 0.717) is 16.7 Å². The SMILES string of the molecule is C[C@H](O[Si](C)(C)C(C)(C)C)c1nc2ccccc2c(=O)n1NCC(O)c1ccccc1. The minimum Gasteiger partial charge on any atom is -0.407 e. The summed E-state index contributed by atoms with van der Waals surface area (Å²) in [6.45, 7) is 13.0. The maximum Gasteiger partial charge on any atom is 0.280 e. The maximum atomic E-state index is 13.3. The molecule has 1 aromatic heterocycles. The van der Waals surface area contributed by atoms with Gasteiger partial charge in [0.25, 0.3) is 5.56 Å². The van der Waals surface area contributed by atoms with Gasteiger partial charge in [0.15, 0.2) is 14.1 Å². The Bertz CT molecular complexity index is 1090. The molecule has 0 aliphatic heterocycles. The van der Waals surface area contributed by atoms with Gasteiger partial charge in [-0.1, -0.05) is 63.2 Å². The average Bonchev–Trinajstić information content (AvgIpc) is 2.72. The highest BCUT2D eigenvalue weighted by Gasteiger charge is 2.39. The molecule has 2 atom stereocenters. The van der Waals surface area contributed by atoms with Crippen LogP contribution in [0.25, 0.3) is 10.9 Å². The number of hydrogen-bond acceptors (Lipinski definition) is 5. The van der Waals surface area contributed by atoms with E-state index in [-0.39, 0.29) is 23.2 Å². The summed E-state index contributed by atoms with van der Waals surface area (Å²) < 4.78 is 7.98. The Labute approximate surface area is 185 Å². The molecule has 1 unspecified atom stereocenters. The summed E-state index contributed by atoms with van der Waals surface area (Å²) in [4.78, 5) is 18.1. The van der Waals surface area contributed by atoms with Crippen LogP contribution in [0, 0.1) is 0 Å². The Morgan fingerprint density at radius 3 is 2.35 bits per heavy atom. The van der Waals surface area contributed by atoms with Crippen LogP contribution in [0.3, 0.4) is 0 Å². The van der Waals surface area contributed by atoms with Crippen LogP contribution in [0.1, 0.15) is 51.3 Å². The van der Waals surface area contributed by atoms with Crippen LogP contribution in [0.2, 0.25) is 18.1 Å². The van der Waals surface area contributed by atoms with Crippen molar-refractivity contribution in [2.75, 3.05) is 12.0 Å². The van der Waals surface area contributed by atoms with Crippen molar-refractivity contribution in [1.29, 1.82) is 0 Å². The van der Waals surface area contributed by atoms with Crippen LogP contribution in [0.5, 0.6) is 0 Å². The van der Waals surface area contributed by atoms with E-state index in [1.54, 1.807) is 6.07 Å². The third-order valence-electron chi connectivity index (χ3n) is 6.07. The average molecular weight is 440 g/mol. The molecule has 6 nitrogen and oxygen atoms in total. The number of nitrogens with one attached hydrogen (secondary N) is 1. The summed E-state index contributed by atoms with van der Waals surface area (Å²) in [5.74, 6) is 0.508. The summed E-state index contributed by atoms with van der Waals surface area (Å²) in [5.41, 5.74) is 4.32. The van der Waals surface area contributed by atoms with Crippen LogP contribution >= 0.6 is 0 Å². The lowest BCUT2D eigenvalue weighted by atomic mass is 10.1. The first-order valence-corrected chi connectivity index (χ1v) is 13.6. The highest BCUT2D eigenvalue weighted by Crippen LogP contribution is 2.39. The van der Waals surface area contributed by atoms with Gasteiger partial charge in [0.05, 0.1) is 23.6 Å². The summed E-state index contributed by atoms with van der Waals surface area (Å²) in [7, 11) is -2.09. The number of para-hydroxylation sites is 1. The number of aliphatic hydroxyl groups excluding tert-OH is 1. The van der Waals surface area contributed by atoms with Crippen LogP contribution in [0.15, 0.2) is 59.4 Å². The van der Waals surface area contributed by atoms with Gasteiger partial charge in [-0.15, -0.1) is 0 Å². The number of rotatable bonds is 7. The van der Waals surface area contributed by atoms with Gasteiger partial charge in [-0.2, -0.15) is 0 Å². The molecule has 7 heteroatoms. The fourth-order valence-electron chi connectivity index (χ4n) is 3.22. The lowest BCUT2D eigenvalue weighted by Gasteiger charge is -2.38. The molecule has 2 N–H and O–H groups in total. The van der Waals surface area contributed by atoms with E-state index in [9.17, 15) is 9.90 Å². The molecule has 0 aliphatic carbocycles. The zero-order valence-electron chi connectivity index (χ0n) is 19.2. The minimum atomic E-state index is -2.09. The van der Waals surface area contributed by atoms with Gasteiger partial charge in [-0.3, -0.25) is 4.79 Å². The van der Waals surface area contributed by atoms with Gasteiger partial charge < -0.3 is 15.0 Å². The third-order valence-corrected chi connectivity index (χ3v) is 10.6. The summed E-state index contributed by atoms with van der Waals surface area (Å²) in [6, 6.07) is 16.7. The normalized spacial score (nSPS) is 14.4. The van der Waals surface area contributed by atoms with Gasteiger partial charge in [0, 0.05) is 0 Å². The molecular weight excluding hydrogens is 406 g/mol. The van der Waals surface area contributed by atoms with Gasteiger partial charge in [-0.25, -0.2) is 9.66 Å². The van der Waals surface area contributed by atoms with E-state index in [1.165, 1.54) is 4.68 Å². The van der Waals surface area contributed by atoms with Crippen molar-refractivity contribution in [2.24, 2.45) is 0 Å². The molecular formula is C24H33N3O3Si. The quantitative estimate of drug-likeness (QED) is 0.519. The van der Waals surface area contributed by atoms with Crippen LogP contribution in [-0.2, 0) is 4.43 Å². The largest absolute Gasteiger partial charge is 0.407 e. The first-order valence-electron chi connectivity index (χ1n) is 10.7. The lowest BCUT2D eigenvalue weighted by molar-refractivity contribution is 0.178. The van der Waals surface area contributed by atoms with Gasteiger partial charge >= 0.3 is 0 Å². The van der Waals surface area contributed by atoms with Crippen molar-refractivity contribution in [2.45, 2.75) is 58.0 Å². The molecule has 0 spiro atoms. The molecule has 0 radical (unpaired) electrons. The predicted molar refractivity (Wildman–Crippen MR) is 128 cm³/mol. The van der Waals surface area contributed by atoms with E-state index in [0.717, 1.165) is 5.56 Å². The van der Waals surface area contributed by atoms with Gasteiger partial charge in [0.1, 0.15) is 6.10 Å². The molecule has 3 rings (SSSR count). The number of aromatic nitrogens is 2. The van der Waals surface area contributed by atoms with Crippen molar-refractivity contribution in [1.82, 2.24) is 9.66 Å². The molecule has 0 fully saturated rings. The van der Waals surface area contributed by atoms with E-state index < -0.39 is 14.4 Å². The van der Waals surface area contributed by atoms with E-state index in [4.69, 9.17) is 9.41 Å². The fourth-order valence-corrected chi connectivity index (χ4v) is 4.56. The minimum absolute atomic E-state index is 0.0279. The molecule has 0 amide bonds. The Hall–Kier alpha value is -2.48. The Morgan fingerprint density at radius 1 is 1.10 bits per heavy atom. The molecule has 31 heavy (non-hydrogen) atoms. The van der Waals surface area contributed by atoms with Crippen LogP contribution < -0.4 is 11.0 Å². The molecule has 0 saturated heterocycles. The second kappa shape index (κ2) is 8.94. The van der Waals surface area contributed by atoms with Gasteiger partial charge in [-0.05, 0) is 42.8 Å². The summed E-state index contributed by atoms with van der Waals surface area (Å²) in [6.07, 6.45) is -1.15. The van der Waals surface area contributed by atoms with Crippen LogP contribution in [0.4, 0.5) is 0 Å². The maximum absolute atomic E-state index is 13.3. The van der Waals surface area contributed by atoms with E-state index in [1.807, 2.05) is 55.5 Å². The second-order valence-corrected chi connectivity index (χ2v) is 14.2. The zero-order valence-corrected chi connectivity index (χ0v) is 20.2. The lowest BCUT2D eigenvalue weighted by Crippen LogP contribution is -2.43. The molecule has 0 saturated carbocycles. The van der Waals surface area contributed by atoms with Crippen LogP contribution in [-0.4, -0.2) is 29.6 Å². The molecule has 166 valence electrons. The molecule has 3 aromatic rings. The predicted octanol–water partition coefficient (Wildman–Crippen LogP) is 4.76. The number of aliphatic hydroxyl groups is 1. The topological polar surface area (TPSA) is 76.4 Å². The number of benzene rings is 2. The number of fused-ring (bicyclic) bond motifs is 1. The van der Waals surface area contributed by atoms with E-state index in [2.05, 4.69) is 39.3 Å². The molecule has 0 aliphatic rings. The first kappa shape index (κ1) is 23.2. The summed E-state index contributed by atoms with van der Waals surface area (Å²) in [5, 5.41) is 11.1.